The van der Waals surface area contributed by atoms with Gasteiger partial charge in [-0.25, -0.2) is 13.8 Å². The molecule has 1 aromatic carbocycles. The number of allylic oxidation sites excluding steroid dienone is 1. The minimum absolute atomic E-state index is 0.0209. The van der Waals surface area contributed by atoms with Crippen molar-refractivity contribution in [1.29, 1.82) is 5.41 Å². The Morgan fingerprint density at radius 3 is 2.53 bits per heavy atom. The molecule has 1 fully saturated rings. The number of ether oxygens (including phenoxy) is 2. The summed E-state index contributed by atoms with van der Waals surface area (Å²) in [5, 5.41) is 15.0. The predicted molar refractivity (Wildman–Crippen MR) is 119 cm³/mol. The lowest BCUT2D eigenvalue weighted by molar-refractivity contribution is 0.344. The van der Waals surface area contributed by atoms with Crippen molar-refractivity contribution in [3.63, 3.8) is 0 Å². The maximum Gasteiger partial charge on any atom is 0.171 e. The van der Waals surface area contributed by atoms with E-state index in [9.17, 15) is 8.78 Å². The fourth-order valence-corrected chi connectivity index (χ4v) is 3.68. The van der Waals surface area contributed by atoms with Gasteiger partial charge in [-0.2, -0.15) is 0 Å². The molecule has 3 heterocycles. The van der Waals surface area contributed by atoms with Crippen LogP contribution in [-0.2, 0) is 6.42 Å². The van der Waals surface area contributed by atoms with Crippen LogP contribution < -0.4 is 20.1 Å². The van der Waals surface area contributed by atoms with Gasteiger partial charge < -0.3 is 30.5 Å². The number of pyridine rings is 1. The third kappa shape index (κ3) is 4.16. The molecule has 0 bridgehead atoms. The molecule has 4 N–H and O–H groups in total. The Morgan fingerprint density at radius 2 is 1.94 bits per heavy atom. The first-order valence-electron chi connectivity index (χ1n) is 10.3. The molecule has 4 rings (SSSR count). The maximum atomic E-state index is 14.8. The zero-order valence-electron chi connectivity index (χ0n) is 17.9. The number of hydrogen-bond acceptors (Lipinski definition) is 6. The quantitative estimate of drug-likeness (QED) is 0.383. The van der Waals surface area contributed by atoms with Crippen LogP contribution in [0.3, 0.4) is 0 Å². The minimum atomic E-state index is -0.765. The first kappa shape index (κ1) is 21.8. The fraction of sp³-hybridized carbons (Fsp3) is 0.304. The molecule has 0 spiro atoms. The van der Waals surface area contributed by atoms with Gasteiger partial charge in [0.25, 0.3) is 0 Å². The molecular formula is C23H25F2N5O2. The zero-order chi connectivity index (χ0) is 22.7. The van der Waals surface area contributed by atoms with Crippen molar-refractivity contribution in [2.75, 3.05) is 33.9 Å². The number of rotatable bonds is 9. The average molecular weight is 441 g/mol. The maximum absolute atomic E-state index is 14.8. The number of H-pyrrole nitrogens is 1. The van der Waals surface area contributed by atoms with Crippen LogP contribution in [0.1, 0.15) is 16.7 Å². The van der Waals surface area contributed by atoms with E-state index in [1.165, 1.54) is 26.5 Å². The fourth-order valence-electron chi connectivity index (χ4n) is 3.68. The topological polar surface area (TPSA) is 95.1 Å². The Labute approximate surface area is 184 Å². The second-order valence-corrected chi connectivity index (χ2v) is 7.67. The number of halogens is 2. The molecule has 1 aliphatic heterocycles. The van der Waals surface area contributed by atoms with Crippen LogP contribution in [0.25, 0.3) is 16.6 Å². The first-order chi connectivity index (χ1) is 15.5. The third-order valence-corrected chi connectivity index (χ3v) is 5.67. The van der Waals surface area contributed by atoms with Gasteiger partial charge in [0, 0.05) is 84.9 Å². The Hall–Kier alpha value is -3.46. The van der Waals surface area contributed by atoms with E-state index in [0.29, 0.717) is 22.7 Å². The minimum Gasteiger partial charge on any atom is -0.494 e. The Morgan fingerprint density at radius 1 is 1.22 bits per heavy atom. The van der Waals surface area contributed by atoms with E-state index in [-0.39, 0.29) is 23.5 Å². The van der Waals surface area contributed by atoms with Crippen molar-refractivity contribution in [3.8, 4) is 11.5 Å². The highest BCUT2D eigenvalue weighted by molar-refractivity contribution is 6.09. The lowest BCUT2D eigenvalue weighted by Gasteiger charge is -2.26. The first-order valence-corrected chi connectivity index (χ1v) is 10.3. The van der Waals surface area contributed by atoms with Crippen LogP contribution in [0.5, 0.6) is 11.5 Å². The molecule has 32 heavy (non-hydrogen) atoms. The molecule has 0 radical (unpaired) electrons. The van der Waals surface area contributed by atoms with E-state index in [1.807, 2.05) is 6.07 Å². The molecule has 1 aliphatic rings. The van der Waals surface area contributed by atoms with Gasteiger partial charge in [0.2, 0.25) is 0 Å². The average Bonchev–Trinajstić information content (AvgIpc) is 3.17. The summed E-state index contributed by atoms with van der Waals surface area (Å²) in [6.07, 6.45) is 6.39. The summed E-state index contributed by atoms with van der Waals surface area (Å²) in [5.74, 6) is -1.12. The third-order valence-electron chi connectivity index (χ3n) is 5.67. The van der Waals surface area contributed by atoms with Crippen molar-refractivity contribution in [1.82, 2.24) is 20.6 Å². The second-order valence-electron chi connectivity index (χ2n) is 7.67. The lowest BCUT2D eigenvalue weighted by Crippen LogP contribution is -2.46. The number of aromatic amines is 1. The van der Waals surface area contributed by atoms with Gasteiger partial charge in [-0.05, 0) is 11.6 Å². The molecule has 9 heteroatoms. The molecule has 2 aromatic heterocycles. The van der Waals surface area contributed by atoms with Crippen molar-refractivity contribution >= 4 is 22.8 Å². The highest BCUT2D eigenvalue weighted by atomic mass is 19.1. The monoisotopic (exact) mass is 441 g/mol. The molecule has 0 saturated carbocycles. The van der Waals surface area contributed by atoms with Crippen LogP contribution in [0, 0.1) is 23.0 Å². The molecule has 7 nitrogen and oxygen atoms in total. The van der Waals surface area contributed by atoms with E-state index >= 15 is 0 Å². The molecule has 0 amide bonds. The van der Waals surface area contributed by atoms with Gasteiger partial charge in [-0.15, -0.1) is 0 Å². The SMILES string of the molecule is COc1cc(OC)c(F)c(Cc2c[nH]c3ncc(/C(C=N)=C/NCC4CNC4)cc23)c1F. The molecular weight excluding hydrogens is 416 g/mol. The smallest absolute Gasteiger partial charge is 0.171 e. The number of hydrogen-bond donors (Lipinski definition) is 4. The van der Waals surface area contributed by atoms with Crippen LogP contribution in [-0.4, -0.2) is 50.0 Å². The predicted octanol–water partition coefficient (Wildman–Crippen LogP) is 3.25. The second kappa shape index (κ2) is 9.35. The van der Waals surface area contributed by atoms with E-state index in [1.54, 1.807) is 18.6 Å². The van der Waals surface area contributed by atoms with Gasteiger partial charge in [0.15, 0.2) is 23.1 Å². The number of nitrogens with one attached hydrogen (secondary N) is 4. The van der Waals surface area contributed by atoms with Gasteiger partial charge in [0.05, 0.1) is 14.2 Å². The Bertz CT molecular complexity index is 1140. The normalized spacial score (nSPS) is 14.3. The van der Waals surface area contributed by atoms with E-state index < -0.39 is 11.6 Å². The molecule has 168 valence electrons. The molecule has 0 aliphatic carbocycles. The number of benzene rings is 1. The lowest BCUT2D eigenvalue weighted by atomic mass is 10.0. The number of fused-ring (bicyclic) bond motifs is 1. The molecule has 3 aromatic rings. The van der Waals surface area contributed by atoms with Gasteiger partial charge >= 0.3 is 0 Å². The highest BCUT2D eigenvalue weighted by Crippen LogP contribution is 2.34. The summed E-state index contributed by atoms with van der Waals surface area (Å²) in [5.41, 5.74) is 2.51. The van der Waals surface area contributed by atoms with Crippen LogP contribution in [0.4, 0.5) is 8.78 Å². The highest BCUT2D eigenvalue weighted by Gasteiger charge is 2.21. The summed E-state index contributed by atoms with van der Waals surface area (Å²) in [6.45, 7) is 2.80. The molecule has 1 saturated heterocycles. The summed E-state index contributed by atoms with van der Waals surface area (Å²) in [6, 6.07) is 3.06. The van der Waals surface area contributed by atoms with Crippen LogP contribution >= 0.6 is 0 Å². The van der Waals surface area contributed by atoms with E-state index in [4.69, 9.17) is 14.9 Å². The zero-order valence-corrected chi connectivity index (χ0v) is 17.9. The number of methoxy groups -OCH3 is 2. The van der Waals surface area contributed by atoms with Crippen LogP contribution in [0.15, 0.2) is 30.7 Å². The van der Waals surface area contributed by atoms with Gasteiger partial charge in [-0.1, -0.05) is 0 Å². The van der Waals surface area contributed by atoms with Gasteiger partial charge in [0.1, 0.15) is 5.65 Å². The van der Waals surface area contributed by atoms with E-state index in [2.05, 4.69) is 20.6 Å². The number of aromatic nitrogens is 2. The van der Waals surface area contributed by atoms with Crippen molar-refractivity contribution in [2.24, 2.45) is 5.92 Å². The summed E-state index contributed by atoms with van der Waals surface area (Å²) in [7, 11) is 2.64. The van der Waals surface area contributed by atoms with Crippen LogP contribution in [0.2, 0.25) is 0 Å². The molecule has 0 unspecified atom stereocenters. The summed E-state index contributed by atoms with van der Waals surface area (Å²) in [4.78, 5) is 7.47. The standard InChI is InChI=1S/C23H25F2N5O2/c1-31-19-5-20(32-2)22(25)18(21(19)24)4-15-12-30-23-17(15)3-14(11-29-23)16(6-26)10-28-9-13-7-27-8-13/h3,5-6,10-13,26-28H,4,7-9H2,1-2H3,(H,29,30)/b16-10+,26-6?. The van der Waals surface area contributed by atoms with Crippen molar-refractivity contribution in [2.45, 2.75) is 6.42 Å². The van der Waals surface area contributed by atoms with Crippen molar-refractivity contribution in [3.05, 3.63) is 59.1 Å². The Kier molecular flexibility index (Phi) is 6.36. The molecule has 0 atom stereocenters. The summed E-state index contributed by atoms with van der Waals surface area (Å²) < 4.78 is 39.8. The van der Waals surface area contributed by atoms with Gasteiger partial charge in [-0.3, -0.25) is 0 Å². The van der Waals surface area contributed by atoms with Crippen molar-refractivity contribution < 1.29 is 18.3 Å². The Balaban J connectivity index is 1.66. The summed E-state index contributed by atoms with van der Waals surface area (Å²) >= 11 is 0. The van der Waals surface area contributed by atoms with E-state index in [0.717, 1.165) is 30.6 Å². The number of nitrogens with zero attached hydrogens (tertiary/aromatic N) is 1. The largest absolute Gasteiger partial charge is 0.494 e.